The minimum atomic E-state index is -0.245. The minimum absolute atomic E-state index is 0.0611. The molecule has 0 aromatic rings. The molecular weight excluding hydrogens is 182 g/mol. The van der Waals surface area contributed by atoms with Crippen LogP contribution in [-0.4, -0.2) is 43.5 Å². The maximum atomic E-state index is 11.2. The Morgan fingerprint density at radius 2 is 2.00 bits per heavy atom. The Morgan fingerprint density at radius 3 is 2.43 bits per heavy atom. The first-order chi connectivity index (χ1) is 6.59. The van der Waals surface area contributed by atoms with Crippen LogP contribution in [0, 0.1) is 0 Å². The average molecular weight is 199 g/mol. The van der Waals surface area contributed by atoms with Crippen molar-refractivity contribution >= 4 is 11.9 Å². The highest BCUT2D eigenvalue weighted by Crippen LogP contribution is 2.17. The number of likely N-dealkylation sites (N-methyl/N-ethyl adjacent to an activating group) is 1. The van der Waals surface area contributed by atoms with Crippen molar-refractivity contribution in [2.75, 3.05) is 20.6 Å². The van der Waals surface area contributed by atoms with Gasteiger partial charge in [-0.2, -0.15) is 0 Å². The fourth-order valence-corrected chi connectivity index (χ4v) is 1.10. The molecule has 1 rings (SSSR count). The van der Waals surface area contributed by atoms with Gasteiger partial charge in [0.15, 0.2) is 0 Å². The van der Waals surface area contributed by atoms with Gasteiger partial charge in [0.05, 0.1) is 6.54 Å². The van der Waals surface area contributed by atoms with Gasteiger partial charge in [0, 0.05) is 20.1 Å². The molecule has 0 radical (unpaired) electrons. The van der Waals surface area contributed by atoms with E-state index in [2.05, 4.69) is 10.6 Å². The summed E-state index contributed by atoms with van der Waals surface area (Å²) in [4.78, 5) is 23.7. The Hall–Kier alpha value is -1.26. The molecule has 2 N–H and O–H groups in total. The molecule has 0 aromatic heterocycles. The maximum absolute atomic E-state index is 11.2. The monoisotopic (exact) mass is 199 g/mol. The van der Waals surface area contributed by atoms with E-state index in [1.807, 2.05) is 0 Å². The Morgan fingerprint density at radius 1 is 1.36 bits per heavy atom. The molecule has 0 spiro atoms. The summed E-state index contributed by atoms with van der Waals surface area (Å²) in [5.41, 5.74) is 0. The Bertz CT molecular complexity index is 224. The highest BCUT2D eigenvalue weighted by molar-refractivity contribution is 5.83. The SMILES string of the molecule is CN(C)C(=O)CNC(=O)NC1CCC1. The molecule has 14 heavy (non-hydrogen) atoms. The van der Waals surface area contributed by atoms with Gasteiger partial charge in [-0.05, 0) is 19.3 Å². The highest BCUT2D eigenvalue weighted by Gasteiger charge is 2.19. The topological polar surface area (TPSA) is 61.4 Å². The van der Waals surface area contributed by atoms with Crippen LogP contribution in [0.5, 0.6) is 0 Å². The van der Waals surface area contributed by atoms with E-state index in [0.29, 0.717) is 6.04 Å². The summed E-state index contributed by atoms with van der Waals surface area (Å²) in [7, 11) is 3.32. The van der Waals surface area contributed by atoms with Crippen LogP contribution < -0.4 is 10.6 Å². The van der Waals surface area contributed by atoms with Gasteiger partial charge in [-0.1, -0.05) is 0 Å². The van der Waals surface area contributed by atoms with E-state index in [4.69, 9.17) is 0 Å². The molecule has 80 valence electrons. The van der Waals surface area contributed by atoms with Gasteiger partial charge < -0.3 is 15.5 Å². The van der Waals surface area contributed by atoms with Crippen LogP contribution in [0.2, 0.25) is 0 Å². The zero-order valence-corrected chi connectivity index (χ0v) is 8.67. The first kappa shape index (κ1) is 10.8. The predicted octanol–water partition coefficient (Wildman–Crippen LogP) is -0.0737. The smallest absolute Gasteiger partial charge is 0.315 e. The lowest BCUT2D eigenvalue weighted by Gasteiger charge is -2.26. The van der Waals surface area contributed by atoms with Crippen LogP contribution in [0.15, 0.2) is 0 Å². The van der Waals surface area contributed by atoms with Crippen molar-refractivity contribution in [3.63, 3.8) is 0 Å². The van der Waals surface area contributed by atoms with Crippen LogP contribution in [0.3, 0.4) is 0 Å². The van der Waals surface area contributed by atoms with Gasteiger partial charge >= 0.3 is 6.03 Å². The van der Waals surface area contributed by atoms with Gasteiger partial charge in [0.1, 0.15) is 0 Å². The summed E-state index contributed by atoms with van der Waals surface area (Å²) in [5, 5.41) is 5.31. The summed E-state index contributed by atoms with van der Waals surface area (Å²) in [6.45, 7) is 0.0611. The Balaban J connectivity index is 2.11. The third kappa shape index (κ3) is 3.24. The number of nitrogens with one attached hydrogen (secondary N) is 2. The van der Waals surface area contributed by atoms with E-state index in [1.165, 1.54) is 11.3 Å². The van der Waals surface area contributed by atoms with E-state index in [-0.39, 0.29) is 18.5 Å². The minimum Gasteiger partial charge on any atom is -0.347 e. The van der Waals surface area contributed by atoms with Crippen molar-refractivity contribution in [3.8, 4) is 0 Å². The first-order valence-electron chi connectivity index (χ1n) is 4.84. The lowest BCUT2D eigenvalue weighted by atomic mass is 9.93. The van der Waals surface area contributed by atoms with Crippen LogP contribution >= 0.6 is 0 Å². The Labute approximate surface area is 83.8 Å². The molecule has 0 bridgehead atoms. The summed E-state index contributed by atoms with van der Waals surface area (Å²) < 4.78 is 0. The number of nitrogens with zero attached hydrogens (tertiary/aromatic N) is 1. The number of hydrogen-bond acceptors (Lipinski definition) is 2. The summed E-state index contributed by atoms with van der Waals surface area (Å²) in [6, 6.07) is 0.0642. The fraction of sp³-hybridized carbons (Fsp3) is 0.778. The van der Waals surface area contributed by atoms with Crippen molar-refractivity contribution in [1.82, 2.24) is 15.5 Å². The van der Waals surface area contributed by atoms with Crippen LogP contribution in [0.25, 0.3) is 0 Å². The molecule has 0 saturated heterocycles. The molecule has 0 unspecified atom stereocenters. The molecule has 3 amide bonds. The van der Waals surface area contributed by atoms with E-state index >= 15 is 0 Å². The number of hydrogen-bond donors (Lipinski definition) is 2. The molecule has 5 nitrogen and oxygen atoms in total. The summed E-state index contributed by atoms with van der Waals surface area (Å²) in [6.07, 6.45) is 3.28. The van der Waals surface area contributed by atoms with Crippen molar-refractivity contribution in [2.45, 2.75) is 25.3 Å². The summed E-state index contributed by atoms with van der Waals surface area (Å²) >= 11 is 0. The zero-order chi connectivity index (χ0) is 10.6. The lowest BCUT2D eigenvalue weighted by Crippen LogP contribution is -2.47. The second-order valence-corrected chi connectivity index (χ2v) is 3.74. The second kappa shape index (κ2) is 4.83. The van der Waals surface area contributed by atoms with E-state index < -0.39 is 0 Å². The fourth-order valence-electron chi connectivity index (χ4n) is 1.10. The standard InChI is InChI=1S/C9H17N3O2/c1-12(2)8(13)6-10-9(14)11-7-4-3-5-7/h7H,3-6H2,1-2H3,(H2,10,11,14). The molecule has 0 heterocycles. The molecule has 5 heteroatoms. The van der Waals surface area contributed by atoms with Crippen molar-refractivity contribution in [3.05, 3.63) is 0 Å². The third-order valence-corrected chi connectivity index (χ3v) is 2.34. The van der Waals surface area contributed by atoms with E-state index in [0.717, 1.165) is 12.8 Å². The molecule has 1 aliphatic rings. The number of carbonyl (C=O) groups is 2. The largest absolute Gasteiger partial charge is 0.347 e. The molecule has 1 aliphatic carbocycles. The van der Waals surface area contributed by atoms with Gasteiger partial charge in [0.25, 0.3) is 0 Å². The normalized spacial score (nSPS) is 15.6. The Kier molecular flexibility index (Phi) is 3.73. The summed E-state index contributed by atoms with van der Waals surface area (Å²) in [5.74, 6) is -0.103. The van der Waals surface area contributed by atoms with Crippen molar-refractivity contribution in [2.24, 2.45) is 0 Å². The van der Waals surface area contributed by atoms with Crippen LogP contribution in [0.4, 0.5) is 4.79 Å². The maximum Gasteiger partial charge on any atom is 0.315 e. The molecule has 1 saturated carbocycles. The van der Waals surface area contributed by atoms with Gasteiger partial charge in [-0.25, -0.2) is 4.79 Å². The van der Waals surface area contributed by atoms with Crippen LogP contribution in [-0.2, 0) is 4.79 Å². The first-order valence-corrected chi connectivity index (χ1v) is 4.84. The van der Waals surface area contributed by atoms with E-state index in [9.17, 15) is 9.59 Å². The van der Waals surface area contributed by atoms with Gasteiger partial charge in [0.2, 0.25) is 5.91 Å². The molecule has 0 atom stereocenters. The number of carbonyl (C=O) groups excluding carboxylic acids is 2. The molecule has 0 aliphatic heterocycles. The molecule has 1 fully saturated rings. The average Bonchev–Trinajstić information content (AvgIpc) is 2.07. The predicted molar refractivity (Wildman–Crippen MR) is 52.9 cm³/mol. The highest BCUT2D eigenvalue weighted by atomic mass is 16.2. The van der Waals surface area contributed by atoms with Crippen LogP contribution in [0.1, 0.15) is 19.3 Å². The van der Waals surface area contributed by atoms with Crippen molar-refractivity contribution < 1.29 is 9.59 Å². The second-order valence-electron chi connectivity index (χ2n) is 3.74. The number of amides is 3. The third-order valence-electron chi connectivity index (χ3n) is 2.34. The molecule has 0 aromatic carbocycles. The quantitative estimate of drug-likeness (QED) is 0.668. The van der Waals surface area contributed by atoms with E-state index in [1.54, 1.807) is 14.1 Å². The van der Waals surface area contributed by atoms with Crippen molar-refractivity contribution in [1.29, 1.82) is 0 Å². The number of urea groups is 1. The lowest BCUT2D eigenvalue weighted by molar-refractivity contribution is -0.127. The zero-order valence-electron chi connectivity index (χ0n) is 8.67. The van der Waals surface area contributed by atoms with Gasteiger partial charge in [-0.15, -0.1) is 0 Å². The number of rotatable bonds is 3. The van der Waals surface area contributed by atoms with Gasteiger partial charge in [-0.3, -0.25) is 4.79 Å². The molecular formula is C9H17N3O2.